The van der Waals surface area contributed by atoms with Gasteiger partial charge in [0.1, 0.15) is 5.75 Å². The maximum Gasteiger partial charge on any atom is 0.116 e. The minimum atomic E-state index is 0.239. The largest absolute Gasteiger partial charge is 0.508 e. The van der Waals surface area contributed by atoms with Crippen LogP contribution < -0.4 is 11.5 Å². The quantitative estimate of drug-likeness (QED) is 0.618. The number of benzene rings is 2. The van der Waals surface area contributed by atoms with E-state index in [9.17, 15) is 5.11 Å². The molecular weight excluding hydrogens is 188 g/mol. The smallest absolute Gasteiger partial charge is 0.116 e. The highest BCUT2D eigenvalue weighted by atomic mass is 16.3. The summed E-state index contributed by atoms with van der Waals surface area (Å²) in [6.45, 7) is 0. The molecular formula is C12H12N2O. The fraction of sp³-hybridized carbons (Fsp3) is 0. The maximum atomic E-state index is 9.34. The average molecular weight is 200 g/mol. The van der Waals surface area contributed by atoms with Crippen LogP contribution >= 0.6 is 0 Å². The van der Waals surface area contributed by atoms with Crippen LogP contribution in [0.2, 0.25) is 0 Å². The van der Waals surface area contributed by atoms with Crippen LogP contribution in [-0.4, -0.2) is 5.11 Å². The Morgan fingerprint density at radius 3 is 2.20 bits per heavy atom. The van der Waals surface area contributed by atoms with Gasteiger partial charge in [-0.25, -0.2) is 0 Å². The van der Waals surface area contributed by atoms with Crippen molar-refractivity contribution in [3.8, 4) is 16.9 Å². The summed E-state index contributed by atoms with van der Waals surface area (Å²) < 4.78 is 0. The number of rotatable bonds is 1. The van der Waals surface area contributed by atoms with E-state index in [0.717, 1.165) is 11.1 Å². The summed E-state index contributed by atoms with van der Waals surface area (Å²) in [6.07, 6.45) is 0. The van der Waals surface area contributed by atoms with Crippen LogP contribution in [0.5, 0.6) is 5.75 Å². The summed E-state index contributed by atoms with van der Waals surface area (Å²) in [5, 5.41) is 9.34. The van der Waals surface area contributed by atoms with Crippen molar-refractivity contribution in [1.82, 2.24) is 0 Å². The van der Waals surface area contributed by atoms with Crippen molar-refractivity contribution in [3.05, 3.63) is 42.5 Å². The molecule has 0 fully saturated rings. The molecule has 0 saturated carbocycles. The lowest BCUT2D eigenvalue weighted by molar-refractivity contribution is 0.475. The Bertz CT molecular complexity index is 495. The monoisotopic (exact) mass is 200 g/mol. The van der Waals surface area contributed by atoms with Gasteiger partial charge in [-0.2, -0.15) is 0 Å². The molecule has 5 N–H and O–H groups in total. The van der Waals surface area contributed by atoms with Crippen LogP contribution in [0.15, 0.2) is 42.5 Å². The van der Waals surface area contributed by atoms with Crippen molar-refractivity contribution >= 4 is 11.4 Å². The Morgan fingerprint density at radius 2 is 1.53 bits per heavy atom. The third-order valence-corrected chi connectivity index (χ3v) is 2.27. The number of aromatic hydroxyl groups is 1. The van der Waals surface area contributed by atoms with Crippen LogP contribution in [0.1, 0.15) is 0 Å². The molecule has 0 radical (unpaired) electrons. The number of phenolic OH excluding ortho intramolecular Hbond substituents is 1. The molecule has 0 aliphatic heterocycles. The van der Waals surface area contributed by atoms with Gasteiger partial charge in [-0.15, -0.1) is 0 Å². The van der Waals surface area contributed by atoms with E-state index >= 15 is 0 Å². The van der Waals surface area contributed by atoms with Gasteiger partial charge in [0, 0.05) is 0 Å². The van der Waals surface area contributed by atoms with Crippen LogP contribution in [0, 0.1) is 0 Å². The third-order valence-electron chi connectivity index (χ3n) is 2.27. The molecule has 15 heavy (non-hydrogen) atoms. The van der Waals surface area contributed by atoms with E-state index < -0.39 is 0 Å². The summed E-state index contributed by atoms with van der Waals surface area (Å²) in [4.78, 5) is 0. The molecule has 3 heteroatoms. The first-order valence-corrected chi connectivity index (χ1v) is 4.61. The third kappa shape index (κ3) is 1.86. The minimum Gasteiger partial charge on any atom is -0.508 e. The van der Waals surface area contributed by atoms with Crippen molar-refractivity contribution in [1.29, 1.82) is 0 Å². The molecule has 0 atom stereocenters. The lowest BCUT2D eigenvalue weighted by Gasteiger charge is -2.05. The molecule has 0 spiro atoms. The minimum absolute atomic E-state index is 0.239. The zero-order valence-corrected chi connectivity index (χ0v) is 8.14. The number of phenols is 1. The number of hydrogen-bond acceptors (Lipinski definition) is 3. The number of nitrogens with two attached hydrogens (primary N) is 2. The van der Waals surface area contributed by atoms with Crippen molar-refractivity contribution in [2.75, 3.05) is 11.5 Å². The van der Waals surface area contributed by atoms with Crippen LogP contribution in [-0.2, 0) is 0 Å². The van der Waals surface area contributed by atoms with Gasteiger partial charge in [-0.1, -0.05) is 18.2 Å². The highest BCUT2D eigenvalue weighted by Gasteiger charge is 2.01. The van der Waals surface area contributed by atoms with Crippen LogP contribution in [0.4, 0.5) is 11.4 Å². The standard InChI is InChI=1S/C12H12N2O/c13-11-5-4-9(7-12(11)14)8-2-1-3-10(15)6-8/h1-7,15H,13-14H2. The van der Waals surface area contributed by atoms with E-state index in [2.05, 4.69) is 0 Å². The zero-order valence-electron chi connectivity index (χ0n) is 8.14. The van der Waals surface area contributed by atoms with Crippen LogP contribution in [0.3, 0.4) is 0 Å². The highest BCUT2D eigenvalue weighted by molar-refractivity contribution is 5.75. The Kier molecular flexibility index (Phi) is 2.21. The Morgan fingerprint density at radius 1 is 0.800 bits per heavy atom. The van der Waals surface area contributed by atoms with E-state index in [1.807, 2.05) is 12.1 Å². The molecule has 0 amide bonds. The predicted octanol–water partition coefficient (Wildman–Crippen LogP) is 2.22. The lowest BCUT2D eigenvalue weighted by Crippen LogP contribution is -1.94. The first-order chi connectivity index (χ1) is 7.16. The summed E-state index contributed by atoms with van der Waals surface area (Å²) >= 11 is 0. The van der Waals surface area contributed by atoms with E-state index in [-0.39, 0.29) is 5.75 Å². The second kappa shape index (κ2) is 3.53. The molecule has 2 aromatic rings. The second-order valence-corrected chi connectivity index (χ2v) is 3.39. The van der Waals surface area contributed by atoms with Crippen molar-refractivity contribution in [2.24, 2.45) is 0 Å². The van der Waals surface area contributed by atoms with Gasteiger partial charge < -0.3 is 16.6 Å². The molecule has 76 valence electrons. The molecule has 0 unspecified atom stereocenters. The van der Waals surface area contributed by atoms with Gasteiger partial charge in [-0.3, -0.25) is 0 Å². The fourth-order valence-corrected chi connectivity index (χ4v) is 1.44. The number of hydrogen-bond donors (Lipinski definition) is 3. The molecule has 2 aromatic carbocycles. The van der Waals surface area contributed by atoms with Gasteiger partial charge in [0.2, 0.25) is 0 Å². The van der Waals surface area contributed by atoms with Gasteiger partial charge in [0.05, 0.1) is 11.4 Å². The van der Waals surface area contributed by atoms with Gasteiger partial charge in [-0.05, 0) is 35.4 Å². The van der Waals surface area contributed by atoms with E-state index in [4.69, 9.17) is 11.5 Å². The number of anilines is 2. The van der Waals surface area contributed by atoms with Crippen molar-refractivity contribution in [3.63, 3.8) is 0 Å². The average Bonchev–Trinajstić information content (AvgIpc) is 2.22. The van der Waals surface area contributed by atoms with E-state index in [1.165, 1.54) is 0 Å². The van der Waals surface area contributed by atoms with Crippen molar-refractivity contribution in [2.45, 2.75) is 0 Å². The topological polar surface area (TPSA) is 72.3 Å². The van der Waals surface area contributed by atoms with Gasteiger partial charge in [0.15, 0.2) is 0 Å². The van der Waals surface area contributed by atoms with Crippen LogP contribution in [0.25, 0.3) is 11.1 Å². The summed E-state index contributed by atoms with van der Waals surface area (Å²) in [6, 6.07) is 12.4. The first-order valence-electron chi connectivity index (χ1n) is 4.61. The first kappa shape index (κ1) is 9.40. The maximum absolute atomic E-state index is 9.34. The zero-order chi connectivity index (χ0) is 10.8. The SMILES string of the molecule is Nc1ccc(-c2cccc(O)c2)cc1N. The van der Waals surface area contributed by atoms with Gasteiger partial charge in [0.25, 0.3) is 0 Å². The summed E-state index contributed by atoms with van der Waals surface area (Å²) in [5.74, 6) is 0.239. The summed E-state index contributed by atoms with van der Waals surface area (Å²) in [5.41, 5.74) is 14.3. The van der Waals surface area contributed by atoms with E-state index in [0.29, 0.717) is 11.4 Å². The van der Waals surface area contributed by atoms with Gasteiger partial charge >= 0.3 is 0 Å². The molecule has 0 aromatic heterocycles. The molecule has 3 nitrogen and oxygen atoms in total. The molecule has 0 saturated heterocycles. The summed E-state index contributed by atoms with van der Waals surface area (Å²) in [7, 11) is 0. The molecule has 0 bridgehead atoms. The lowest BCUT2D eigenvalue weighted by atomic mass is 10.0. The molecule has 0 aliphatic carbocycles. The Hall–Kier alpha value is -2.16. The van der Waals surface area contributed by atoms with Crippen molar-refractivity contribution < 1.29 is 5.11 Å². The highest BCUT2D eigenvalue weighted by Crippen LogP contribution is 2.27. The Balaban J connectivity index is 2.50. The molecule has 2 rings (SSSR count). The molecule has 0 heterocycles. The normalized spacial score (nSPS) is 10.1. The van der Waals surface area contributed by atoms with E-state index in [1.54, 1.807) is 30.3 Å². The molecule has 0 aliphatic rings. The fourth-order valence-electron chi connectivity index (χ4n) is 1.44. The predicted molar refractivity (Wildman–Crippen MR) is 62.4 cm³/mol. The Labute approximate surface area is 88.0 Å². The second-order valence-electron chi connectivity index (χ2n) is 3.39. The number of nitrogen functional groups attached to an aromatic ring is 2.